The molecule has 4 rings (SSSR count). The van der Waals surface area contributed by atoms with E-state index in [0.717, 1.165) is 36.4 Å². The first-order valence-corrected chi connectivity index (χ1v) is 17.1. The van der Waals surface area contributed by atoms with Gasteiger partial charge in [0.1, 0.15) is 18.3 Å². The van der Waals surface area contributed by atoms with Crippen molar-refractivity contribution in [2.45, 2.75) is 62.6 Å². The van der Waals surface area contributed by atoms with Crippen molar-refractivity contribution in [3.8, 4) is 17.2 Å². The zero-order valence-electron chi connectivity index (χ0n) is 26.3. The number of benzene rings is 3. The number of carbonyl (C=O) groups excluding carboxylic acids is 2. The fourth-order valence-electron chi connectivity index (χ4n) is 5.41. The van der Waals surface area contributed by atoms with Gasteiger partial charge < -0.3 is 24.4 Å². The molecular weight excluding hydrogens is 653 g/mol. The molecule has 0 aromatic heterocycles. The number of amides is 2. The molecule has 46 heavy (non-hydrogen) atoms. The molecule has 1 saturated carbocycles. The standard InChI is InChI=1S/C33H39Cl2N3O7S/c1-22(33(40)36-26-8-6-5-7-9-26)37(20-23-10-12-24(34)13-11-23)32(39)21-38(28-18-25(35)14-16-29(28)43-2)46(41,42)27-15-17-30(44-3)31(19-27)45-4/h10-19,22,26H,5-9,20-21H2,1-4H3,(H,36,40)/t22-/m1/s1. The Morgan fingerprint density at radius 3 is 2.09 bits per heavy atom. The maximum Gasteiger partial charge on any atom is 0.265 e. The Labute approximate surface area is 280 Å². The number of methoxy groups -OCH3 is 3. The van der Waals surface area contributed by atoms with Crippen LogP contribution in [0.5, 0.6) is 17.2 Å². The first-order valence-electron chi connectivity index (χ1n) is 14.9. The smallest absolute Gasteiger partial charge is 0.265 e. The Bertz CT molecular complexity index is 1630. The van der Waals surface area contributed by atoms with Crippen LogP contribution in [-0.2, 0) is 26.2 Å². The summed E-state index contributed by atoms with van der Waals surface area (Å²) in [7, 11) is -0.222. The van der Waals surface area contributed by atoms with Crippen molar-refractivity contribution in [1.29, 1.82) is 0 Å². The average Bonchev–Trinajstić information content (AvgIpc) is 3.06. The Kier molecular flexibility index (Phi) is 12.0. The van der Waals surface area contributed by atoms with Gasteiger partial charge in [0.25, 0.3) is 10.0 Å². The topological polar surface area (TPSA) is 114 Å². The van der Waals surface area contributed by atoms with E-state index in [1.165, 1.54) is 56.6 Å². The zero-order valence-corrected chi connectivity index (χ0v) is 28.6. The van der Waals surface area contributed by atoms with Crippen molar-refractivity contribution in [3.63, 3.8) is 0 Å². The van der Waals surface area contributed by atoms with Gasteiger partial charge in [0.2, 0.25) is 11.8 Å². The summed E-state index contributed by atoms with van der Waals surface area (Å²) >= 11 is 12.4. The number of hydrogen-bond donors (Lipinski definition) is 1. The Morgan fingerprint density at radius 2 is 1.46 bits per heavy atom. The molecule has 2 amide bonds. The van der Waals surface area contributed by atoms with E-state index in [9.17, 15) is 18.0 Å². The third-order valence-electron chi connectivity index (χ3n) is 8.02. The summed E-state index contributed by atoms with van der Waals surface area (Å²) in [5.41, 5.74) is 0.758. The lowest BCUT2D eigenvalue weighted by molar-refractivity contribution is -0.139. The van der Waals surface area contributed by atoms with Crippen LogP contribution in [0.2, 0.25) is 10.0 Å². The molecule has 1 atom stereocenters. The maximum atomic E-state index is 14.4. The second-order valence-corrected chi connectivity index (χ2v) is 13.7. The molecular formula is C33H39Cl2N3O7S. The summed E-state index contributed by atoms with van der Waals surface area (Å²) in [6, 6.07) is 14.6. The highest BCUT2D eigenvalue weighted by Gasteiger charge is 2.35. The van der Waals surface area contributed by atoms with Crippen molar-refractivity contribution in [1.82, 2.24) is 10.2 Å². The lowest BCUT2D eigenvalue weighted by Crippen LogP contribution is -2.53. The number of ether oxygens (including phenoxy) is 3. The van der Waals surface area contributed by atoms with Gasteiger partial charge in [-0.15, -0.1) is 0 Å². The zero-order chi connectivity index (χ0) is 33.4. The first kappa shape index (κ1) is 35.2. The molecule has 3 aromatic rings. The van der Waals surface area contributed by atoms with Crippen molar-refractivity contribution in [2.24, 2.45) is 0 Å². The summed E-state index contributed by atoms with van der Waals surface area (Å²) in [5.74, 6) is -0.244. The van der Waals surface area contributed by atoms with E-state index in [1.807, 2.05) is 0 Å². The van der Waals surface area contributed by atoms with Crippen LogP contribution in [0.25, 0.3) is 0 Å². The molecule has 1 aliphatic carbocycles. The predicted molar refractivity (Wildman–Crippen MR) is 179 cm³/mol. The first-order chi connectivity index (χ1) is 22.0. The number of rotatable bonds is 13. The van der Waals surface area contributed by atoms with Crippen LogP contribution < -0.4 is 23.8 Å². The molecule has 0 radical (unpaired) electrons. The Balaban J connectivity index is 1.76. The van der Waals surface area contributed by atoms with Gasteiger partial charge in [-0.2, -0.15) is 0 Å². The number of carbonyl (C=O) groups is 2. The summed E-state index contributed by atoms with van der Waals surface area (Å²) in [6.45, 7) is 1.01. The highest BCUT2D eigenvalue weighted by atomic mass is 35.5. The molecule has 0 bridgehead atoms. The van der Waals surface area contributed by atoms with E-state index >= 15 is 0 Å². The minimum atomic E-state index is -4.44. The maximum absolute atomic E-state index is 14.4. The van der Waals surface area contributed by atoms with Crippen LogP contribution in [0, 0.1) is 0 Å². The lowest BCUT2D eigenvalue weighted by Gasteiger charge is -2.33. The Morgan fingerprint density at radius 1 is 0.848 bits per heavy atom. The van der Waals surface area contributed by atoms with E-state index in [-0.39, 0.29) is 45.6 Å². The van der Waals surface area contributed by atoms with Crippen molar-refractivity contribution in [2.75, 3.05) is 32.2 Å². The van der Waals surface area contributed by atoms with Gasteiger partial charge in [-0.3, -0.25) is 13.9 Å². The molecule has 1 N–H and O–H groups in total. The quantitative estimate of drug-likeness (QED) is 0.231. The van der Waals surface area contributed by atoms with Crippen molar-refractivity contribution >= 4 is 50.7 Å². The molecule has 1 fully saturated rings. The molecule has 10 nitrogen and oxygen atoms in total. The van der Waals surface area contributed by atoms with Gasteiger partial charge in [-0.1, -0.05) is 54.6 Å². The van der Waals surface area contributed by atoms with Crippen LogP contribution in [-0.4, -0.2) is 65.1 Å². The third kappa shape index (κ3) is 8.37. The fourth-order valence-corrected chi connectivity index (χ4v) is 7.14. The van der Waals surface area contributed by atoms with E-state index < -0.39 is 28.5 Å². The largest absolute Gasteiger partial charge is 0.495 e. The molecule has 1 aliphatic rings. The minimum Gasteiger partial charge on any atom is -0.495 e. The molecule has 248 valence electrons. The summed E-state index contributed by atoms with van der Waals surface area (Å²) in [6.07, 6.45) is 4.92. The van der Waals surface area contributed by atoms with Crippen LogP contribution in [0.3, 0.4) is 0 Å². The van der Waals surface area contributed by atoms with Crippen molar-refractivity contribution < 1.29 is 32.2 Å². The van der Waals surface area contributed by atoms with E-state index in [4.69, 9.17) is 37.4 Å². The second kappa shape index (κ2) is 15.8. The summed E-state index contributed by atoms with van der Waals surface area (Å²) < 4.78 is 45.8. The van der Waals surface area contributed by atoms with Gasteiger partial charge in [-0.25, -0.2) is 8.42 Å². The van der Waals surface area contributed by atoms with E-state index in [1.54, 1.807) is 37.3 Å². The van der Waals surface area contributed by atoms with Crippen LogP contribution in [0.1, 0.15) is 44.6 Å². The number of anilines is 1. The molecule has 0 heterocycles. The van der Waals surface area contributed by atoms with Gasteiger partial charge in [0.05, 0.1) is 31.9 Å². The molecule has 0 unspecified atom stereocenters. The normalized spacial score (nSPS) is 14.2. The second-order valence-electron chi connectivity index (χ2n) is 11.0. The number of nitrogens with zero attached hydrogens (tertiary/aromatic N) is 2. The summed E-state index contributed by atoms with van der Waals surface area (Å²) in [4.78, 5) is 29.1. The number of sulfonamides is 1. The fraction of sp³-hybridized carbons (Fsp3) is 0.394. The van der Waals surface area contributed by atoms with Gasteiger partial charge in [-0.05, 0) is 67.8 Å². The molecule has 0 saturated heterocycles. The van der Waals surface area contributed by atoms with E-state index in [0.29, 0.717) is 16.3 Å². The monoisotopic (exact) mass is 691 g/mol. The predicted octanol–water partition coefficient (Wildman–Crippen LogP) is 6.08. The Hall–Kier alpha value is -3.67. The summed E-state index contributed by atoms with van der Waals surface area (Å²) in [5, 5.41) is 3.84. The highest BCUT2D eigenvalue weighted by Crippen LogP contribution is 2.37. The van der Waals surface area contributed by atoms with Gasteiger partial charge in [0, 0.05) is 28.7 Å². The van der Waals surface area contributed by atoms with Crippen LogP contribution >= 0.6 is 23.2 Å². The van der Waals surface area contributed by atoms with E-state index in [2.05, 4.69) is 5.32 Å². The molecule has 13 heteroatoms. The highest BCUT2D eigenvalue weighted by molar-refractivity contribution is 7.92. The van der Waals surface area contributed by atoms with Crippen LogP contribution in [0.15, 0.2) is 65.6 Å². The third-order valence-corrected chi connectivity index (χ3v) is 10.3. The average molecular weight is 693 g/mol. The number of nitrogens with one attached hydrogen (secondary N) is 1. The molecule has 3 aromatic carbocycles. The van der Waals surface area contributed by atoms with Gasteiger partial charge in [0.15, 0.2) is 11.5 Å². The number of halogens is 2. The molecule has 0 aliphatic heterocycles. The van der Waals surface area contributed by atoms with Crippen LogP contribution in [0.4, 0.5) is 5.69 Å². The molecule has 0 spiro atoms. The van der Waals surface area contributed by atoms with Crippen molar-refractivity contribution in [3.05, 3.63) is 76.3 Å². The lowest BCUT2D eigenvalue weighted by atomic mass is 9.95. The number of hydrogen-bond acceptors (Lipinski definition) is 7. The van der Waals surface area contributed by atoms with Gasteiger partial charge >= 0.3 is 0 Å². The minimum absolute atomic E-state index is 0.0221. The SMILES string of the molecule is COc1ccc(S(=O)(=O)N(CC(=O)N(Cc2ccc(Cl)cc2)[C@H](C)C(=O)NC2CCCCC2)c2cc(Cl)ccc2OC)cc1OC.